The summed E-state index contributed by atoms with van der Waals surface area (Å²) in [6.07, 6.45) is 4.97. The zero-order valence-corrected chi connectivity index (χ0v) is 15.7. The molecule has 0 spiro atoms. The molecule has 6 nitrogen and oxygen atoms in total. The van der Waals surface area contributed by atoms with Crippen molar-refractivity contribution in [2.45, 2.75) is 38.1 Å². The number of anilines is 2. The van der Waals surface area contributed by atoms with Crippen LogP contribution in [0, 0.1) is 11.6 Å². The molecule has 1 N–H and O–H groups in total. The molecular formula is C20H24F2N4O2. The first-order valence-electron chi connectivity index (χ1n) is 9.84. The van der Waals surface area contributed by atoms with Gasteiger partial charge >= 0.3 is 5.69 Å². The molecule has 150 valence electrons. The largest absolute Gasteiger partial charge is 0.366 e. The molecule has 2 aromatic rings. The van der Waals surface area contributed by atoms with E-state index in [-0.39, 0.29) is 17.3 Å². The Morgan fingerprint density at radius 3 is 2.21 bits per heavy atom. The molecule has 0 unspecified atom stereocenters. The second kappa shape index (κ2) is 7.77. The highest BCUT2D eigenvalue weighted by atomic mass is 19.1. The van der Waals surface area contributed by atoms with E-state index in [0.717, 1.165) is 38.2 Å². The molecule has 2 heterocycles. The van der Waals surface area contributed by atoms with E-state index in [4.69, 9.17) is 0 Å². The summed E-state index contributed by atoms with van der Waals surface area (Å²) in [6.45, 7) is 2.08. The SMILES string of the molecule is O=c1cc(N2CCN(c3ccc(F)cc3F)CC2)[nH]c(=O)n1C1CCCCC1. The van der Waals surface area contributed by atoms with Crippen molar-refractivity contribution >= 4 is 11.5 Å². The van der Waals surface area contributed by atoms with E-state index in [1.807, 2.05) is 9.80 Å². The summed E-state index contributed by atoms with van der Waals surface area (Å²) in [4.78, 5) is 31.7. The fourth-order valence-corrected chi connectivity index (χ4v) is 4.27. The number of rotatable bonds is 3. The van der Waals surface area contributed by atoms with Crippen molar-refractivity contribution in [2.24, 2.45) is 0 Å². The summed E-state index contributed by atoms with van der Waals surface area (Å²) >= 11 is 0. The van der Waals surface area contributed by atoms with Crippen molar-refractivity contribution in [3.8, 4) is 0 Å². The van der Waals surface area contributed by atoms with Gasteiger partial charge in [-0.3, -0.25) is 14.3 Å². The van der Waals surface area contributed by atoms with Crippen LogP contribution in [0.3, 0.4) is 0 Å². The maximum atomic E-state index is 14.0. The molecule has 0 amide bonds. The summed E-state index contributed by atoms with van der Waals surface area (Å²) < 4.78 is 28.5. The van der Waals surface area contributed by atoms with Crippen molar-refractivity contribution in [3.05, 3.63) is 56.7 Å². The van der Waals surface area contributed by atoms with Crippen LogP contribution in [0.25, 0.3) is 0 Å². The van der Waals surface area contributed by atoms with Gasteiger partial charge in [0.1, 0.15) is 17.5 Å². The number of hydrogen-bond acceptors (Lipinski definition) is 4. The van der Waals surface area contributed by atoms with E-state index in [1.54, 1.807) is 0 Å². The number of benzene rings is 1. The fraction of sp³-hybridized carbons (Fsp3) is 0.500. The van der Waals surface area contributed by atoms with Gasteiger partial charge in [-0.25, -0.2) is 13.6 Å². The number of nitrogens with one attached hydrogen (secondary N) is 1. The Hall–Kier alpha value is -2.64. The van der Waals surface area contributed by atoms with E-state index in [1.165, 1.54) is 22.8 Å². The number of nitrogens with zero attached hydrogens (tertiary/aromatic N) is 3. The van der Waals surface area contributed by atoms with E-state index in [2.05, 4.69) is 4.98 Å². The maximum Gasteiger partial charge on any atom is 0.330 e. The van der Waals surface area contributed by atoms with Gasteiger partial charge in [-0.05, 0) is 25.0 Å². The molecule has 28 heavy (non-hydrogen) atoms. The van der Waals surface area contributed by atoms with Crippen LogP contribution in [-0.2, 0) is 0 Å². The fourth-order valence-electron chi connectivity index (χ4n) is 4.27. The first kappa shape index (κ1) is 18.7. The standard InChI is InChI=1S/C20H24F2N4O2/c21-14-6-7-17(16(22)12-14)24-8-10-25(11-9-24)18-13-19(27)26(20(28)23-18)15-4-2-1-3-5-15/h6-7,12-13,15H,1-5,8-11H2,(H,23,28). The zero-order valence-electron chi connectivity index (χ0n) is 15.7. The van der Waals surface area contributed by atoms with Crippen LogP contribution in [0.2, 0.25) is 0 Å². The van der Waals surface area contributed by atoms with E-state index >= 15 is 0 Å². The van der Waals surface area contributed by atoms with Gasteiger partial charge < -0.3 is 9.80 Å². The first-order valence-corrected chi connectivity index (χ1v) is 9.84. The van der Waals surface area contributed by atoms with Crippen LogP contribution >= 0.6 is 0 Å². The van der Waals surface area contributed by atoms with Gasteiger partial charge in [0.2, 0.25) is 0 Å². The van der Waals surface area contributed by atoms with Crippen molar-refractivity contribution in [3.63, 3.8) is 0 Å². The molecule has 1 aliphatic carbocycles. The number of hydrogen-bond donors (Lipinski definition) is 1. The van der Waals surface area contributed by atoms with Gasteiger partial charge in [-0.2, -0.15) is 0 Å². The number of H-pyrrole nitrogens is 1. The summed E-state index contributed by atoms with van der Waals surface area (Å²) in [5.74, 6) is -0.686. The van der Waals surface area contributed by atoms with Gasteiger partial charge in [0.25, 0.3) is 5.56 Å². The van der Waals surface area contributed by atoms with Crippen molar-refractivity contribution in [1.29, 1.82) is 0 Å². The second-order valence-corrected chi connectivity index (χ2v) is 7.53. The molecule has 0 atom stereocenters. The molecule has 8 heteroatoms. The maximum absolute atomic E-state index is 14.0. The molecule has 2 aliphatic rings. The molecule has 1 saturated carbocycles. The zero-order chi connectivity index (χ0) is 19.7. The minimum atomic E-state index is -0.601. The van der Waals surface area contributed by atoms with Crippen LogP contribution in [-0.4, -0.2) is 35.7 Å². The smallest absolute Gasteiger partial charge is 0.330 e. The van der Waals surface area contributed by atoms with Crippen LogP contribution in [0.1, 0.15) is 38.1 Å². The van der Waals surface area contributed by atoms with Gasteiger partial charge in [-0.15, -0.1) is 0 Å². The molecule has 0 bridgehead atoms. The Morgan fingerprint density at radius 2 is 1.57 bits per heavy atom. The summed E-state index contributed by atoms with van der Waals surface area (Å²) in [7, 11) is 0. The van der Waals surface area contributed by atoms with E-state index < -0.39 is 11.6 Å². The predicted molar refractivity (Wildman–Crippen MR) is 104 cm³/mol. The summed E-state index contributed by atoms with van der Waals surface area (Å²) in [5.41, 5.74) is -0.263. The lowest BCUT2D eigenvalue weighted by Crippen LogP contribution is -2.48. The Balaban J connectivity index is 1.49. The topological polar surface area (TPSA) is 61.3 Å². The minimum absolute atomic E-state index is 0.0163. The molecule has 0 radical (unpaired) electrons. The Labute approximate surface area is 161 Å². The second-order valence-electron chi connectivity index (χ2n) is 7.53. The molecule has 1 aromatic heterocycles. The third-order valence-electron chi connectivity index (χ3n) is 5.76. The Bertz CT molecular complexity index is 926. The molecule has 1 saturated heterocycles. The third kappa shape index (κ3) is 3.68. The number of halogens is 2. The van der Waals surface area contributed by atoms with Crippen LogP contribution < -0.4 is 21.0 Å². The lowest BCUT2D eigenvalue weighted by molar-refractivity contribution is 0.336. The molecule has 4 rings (SSSR count). The predicted octanol–water partition coefficient (Wildman–Crippen LogP) is 2.65. The Morgan fingerprint density at radius 1 is 0.893 bits per heavy atom. The quantitative estimate of drug-likeness (QED) is 0.875. The van der Waals surface area contributed by atoms with Crippen molar-refractivity contribution in [2.75, 3.05) is 36.0 Å². The highest BCUT2D eigenvalue weighted by Gasteiger charge is 2.23. The number of piperazine rings is 1. The highest BCUT2D eigenvalue weighted by molar-refractivity contribution is 5.50. The van der Waals surface area contributed by atoms with E-state index in [0.29, 0.717) is 37.7 Å². The van der Waals surface area contributed by atoms with Crippen molar-refractivity contribution in [1.82, 2.24) is 9.55 Å². The van der Waals surface area contributed by atoms with Gasteiger partial charge in [-0.1, -0.05) is 19.3 Å². The summed E-state index contributed by atoms with van der Waals surface area (Å²) in [6, 6.07) is 5.03. The van der Waals surface area contributed by atoms with Gasteiger partial charge in [0.05, 0.1) is 5.69 Å². The number of aromatic nitrogens is 2. The molecule has 1 aromatic carbocycles. The molecule has 2 fully saturated rings. The van der Waals surface area contributed by atoms with Gasteiger partial charge in [0, 0.05) is 44.4 Å². The monoisotopic (exact) mass is 390 g/mol. The van der Waals surface area contributed by atoms with Crippen LogP contribution in [0.15, 0.2) is 33.9 Å². The average Bonchev–Trinajstić information content (AvgIpc) is 2.68. The third-order valence-corrected chi connectivity index (χ3v) is 5.76. The molecule has 1 aliphatic heterocycles. The first-order chi connectivity index (χ1) is 13.5. The number of aromatic amines is 1. The Kier molecular flexibility index (Phi) is 5.19. The summed E-state index contributed by atoms with van der Waals surface area (Å²) in [5, 5.41) is 0. The molecular weight excluding hydrogens is 366 g/mol. The average molecular weight is 390 g/mol. The van der Waals surface area contributed by atoms with Crippen molar-refractivity contribution < 1.29 is 8.78 Å². The normalized spacial score (nSPS) is 18.5. The van der Waals surface area contributed by atoms with Crippen LogP contribution in [0.4, 0.5) is 20.3 Å². The van der Waals surface area contributed by atoms with E-state index in [9.17, 15) is 18.4 Å². The highest BCUT2D eigenvalue weighted by Crippen LogP contribution is 2.26. The van der Waals surface area contributed by atoms with Gasteiger partial charge in [0.15, 0.2) is 0 Å². The minimum Gasteiger partial charge on any atom is -0.366 e. The lowest BCUT2D eigenvalue weighted by Gasteiger charge is -2.37. The van der Waals surface area contributed by atoms with Crippen LogP contribution in [0.5, 0.6) is 0 Å². The lowest BCUT2D eigenvalue weighted by atomic mass is 9.95.